The van der Waals surface area contributed by atoms with Crippen LogP contribution in [0.5, 0.6) is 5.75 Å². The zero-order chi connectivity index (χ0) is 17.6. The fraction of sp³-hybridized carbons (Fsp3) is 0.182. The lowest BCUT2D eigenvalue weighted by Gasteiger charge is -2.12. The second-order valence-corrected chi connectivity index (χ2v) is 7.07. The molecule has 0 aromatic heterocycles. The highest BCUT2D eigenvalue weighted by Crippen LogP contribution is 2.27. The third-order valence-electron chi connectivity index (χ3n) is 4.10. The Balaban J connectivity index is 1.61. The maximum atomic E-state index is 5.91. The molecule has 0 aliphatic carbocycles. The molecule has 3 aromatic rings. The molecule has 0 bridgehead atoms. The van der Waals surface area contributed by atoms with Crippen LogP contribution in [-0.2, 0) is 13.2 Å². The first-order valence-corrected chi connectivity index (χ1v) is 9.17. The molecule has 3 aromatic carbocycles. The van der Waals surface area contributed by atoms with E-state index >= 15 is 0 Å². The predicted octanol–water partition coefficient (Wildman–Crippen LogP) is 6.26. The summed E-state index contributed by atoms with van der Waals surface area (Å²) in [6.07, 6.45) is 0. The minimum Gasteiger partial charge on any atom is -0.488 e. The summed E-state index contributed by atoms with van der Waals surface area (Å²) in [5.74, 6) is 0.860. The molecule has 2 nitrogen and oxygen atoms in total. The summed E-state index contributed by atoms with van der Waals surface area (Å²) in [7, 11) is 0. The van der Waals surface area contributed by atoms with Crippen LogP contribution in [0.3, 0.4) is 0 Å². The van der Waals surface area contributed by atoms with Crippen molar-refractivity contribution in [3.05, 3.63) is 93.5 Å². The first-order chi connectivity index (χ1) is 12.1. The zero-order valence-corrected chi connectivity index (χ0v) is 16.1. The summed E-state index contributed by atoms with van der Waals surface area (Å²) in [6.45, 7) is 5.59. The molecular formula is C22H22BrNO. The lowest BCUT2D eigenvalue weighted by Crippen LogP contribution is -2.02. The van der Waals surface area contributed by atoms with Crippen LogP contribution in [0.1, 0.15) is 22.3 Å². The molecular weight excluding hydrogens is 374 g/mol. The van der Waals surface area contributed by atoms with Gasteiger partial charge in [0.25, 0.3) is 0 Å². The van der Waals surface area contributed by atoms with Gasteiger partial charge in [-0.15, -0.1) is 0 Å². The van der Waals surface area contributed by atoms with E-state index in [1.165, 1.54) is 22.4 Å². The maximum absolute atomic E-state index is 5.91. The van der Waals surface area contributed by atoms with Gasteiger partial charge in [-0.05, 0) is 64.7 Å². The SMILES string of the molecule is Cc1ccc(NCc2ccc(OCc3ccccc3)c(Br)c2)c(C)c1. The predicted molar refractivity (Wildman–Crippen MR) is 108 cm³/mol. The quantitative estimate of drug-likeness (QED) is 0.531. The van der Waals surface area contributed by atoms with Gasteiger partial charge in [-0.3, -0.25) is 0 Å². The van der Waals surface area contributed by atoms with Crippen molar-refractivity contribution < 1.29 is 4.74 Å². The van der Waals surface area contributed by atoms with Crippen molar-refractivity contribution in [1.29, 1.82) is 0 Å². The van der Waals surface area contributed by atoms with Crippen LogP contribution in [0, 0.1) is 13.8 Å². The minimum absolute atomic E-state index is 0.569. The third kappa shape index (κ3) is 4.86. The Hall–Kier alpha value is -2.26. The lowest BCUT2D eigenvalue weighted by atomic mass is 10.1. The number of ether oxygens (including phenoxy) is 1. The highest BCUT2D eigenvalue weighted by molar-refractivity contribution is 9.10. The fourth-order valence-corrected chi connectivity index (χ4v) is 3.26. The molecule has 0 atom stereocenters. The van der Waals surface area contributed by atoms with E-state index in [4.69, 9.17) is 4.74 Å². The molecule has 25 heavy (non-hydrogen) atoms. The number of anilines is 1. The van der Waals surface area contributed by atoms with Gasteiger partial charge in [0.05, 0.1) is 4.47 Å². The molecule has 0 radical (unpaired) electrons. The molecule has 0 spiro atoms. The van der Waals surface area contributed by atoms with Gasteiger partial charge >= 0.3 is 0 Å². The Morgan fingerprint density at radius 2 is 1.68 bits per heavy atom. The first kappa shape index (κ1) is 17.6. The zero-order valence-electron chi connectivity index (χ0n) is 14.6. The van der Waals surface area contributed by atoms with Crippen LogP contribution < -0.4 is 10.1 Å². The van der Waals surface area contributed by atoms with Crippen molar-refractivity contribution in [3.8, 4) is 5.75 Å². The number of rotatable bonds is 6. The van der Waals surface area contributed by atoms with Crippen molar-refractivity contribution in [2.75, 3.05) is 5.32 Å². The number of hydrogen-bond donors (Lipinski definition) is 1. The van der Waals surface area contributed by atoms with Crippen molar-refractivity contribution in [2.45, 2.75) is 27.0 Å². The summed E-state index contributed by atoms with van der Waals surface area (Å²) >= 11 is 3.62. The number of halogens is 1. The smallest absolute Gasteiger partial charge is 0.134 e. The van der Waals surface area contributed by atoms with E-state index in [1.54, 1.807) is 0 Å². The van der Waals surface area contributed by atoms with Crippen LogP contribution in [0.25, 0.3) is 0 Å². The summed E-state index contributed by atoms with van der Waals surface area (Å²) in [6, 6.07) is 22.9. The highest BCUT2D eigenvalue weighted by Gasteiger charge is 2.04. The van der Waals surface area contributed by atoms with Gasteiger partial charge in [0.1, 0.15) is 12.4 Å². The monoisotopic (exact) mass is 395 g/mol. The van der Waals surface area contributed by atoms with Gasteiger partial charge in [0, 0.05) is 12.2 Å². The number of hydrogen-bond acceptors (Lipinski definition) is 2. The Morgan fingerprint density at radius 1 is 0.880 bits per heavy atom. The van der Waals surface area contributed by atoms with E-state index in [-0.39, 0.29) is 0 Å². The molecule has 0 heterocycles. The highest BCUT2D eigenvalue weighted by atomic mass is 79.9. The fourth-order valence-electron chi connectivity index (χ4n) is 2.72. The van der Waals surface area contributed by atoms with E-state index in [0.717, 1.165) is 22.3 Å². The molecule has 3 rings (SSSR count). The summed E-state index contributed by atoms with van der Waals surface area (Å²) < 4.78 is 6.88. The van der Waals surface area contributed by atoms with Crippen molar-refractivity contribution >= 4 is 21.6 Å². The summed E-state index contributed by atoms with van der Waals surface area (Å²) in [5.41, 5.74) is 6.09. The van der Waals surface area contributed by atoms with Gasteiger partial charge in [0.2, 0.25) is 0 Å². The molecule has 0 saturated carbocycles. The molecule has 0 unspecified atom stereocenters. The Bertz CT molecular complexity index is 846. The third-order valence-corrected chi connectivity index (χ3v) is 4.72. The average molecular weight is 396 g/mol. The van der Waals surface area contributed by atoms with E-state index in [1.807, 2.05) is 24.3 Å². The molecule has 3 heteroatoms. The molecule has 0 aliphatic heterocycles. The lowest BCUT2D eigenvalue weighted by molar-refractivity contribution is 0.304. The largest absolute Gasteiger partial charge is 0.488 e. The van der Waals surface area contributed by atoms with E-state index in [0.29, 0.717) is 6.61 Å². The standard InChI is InChI=1S/C22H22BrNO/c1-16-8-10-21(17(2)12-16)24-14-19-9-11-22(20(23)13-19)25-15-18-6-4-3-5-7-18/h3-13,24H,14-15H2,1-2H3. The van der Waals surface area contributed by atoms with Crippen LogP contribution in [0.2, 0.25) is 0 Å². The summed E-state index contributed by atoms with van der Waals surface area (Å²) in [4.78, 5) is 0. The van der Waals surface area contributed by atoms with Crippen molar-refractivity contribution in [1.82, 2.24) is 0 Å². The van der Waals surface area contributed by atoms with Gasteiger partial charge in [-0.1, -0.05) is 54.1 Å². The van der Waals surface area contributed by atoms with Crippen LogP contribution in [0.4, 0.5) is 5.69 Å². The van der Waals surface area contributed by atoms with Crippen LogP contribution >= 0.6 is 15.9 Å². The molecule has 0 fully saturated rings. The Morgan fingerprint density at radius 3 is 2.40 bits per heavy atom. The number of aryl methyl sites for hydroxylation is 2. The van der Waals surface area contributed by atoms with Crippen LogP contribution in [0.15, 0.2) is 71.2 Å². The van der Waals surface area contributed by atoms with E-state index in [9.17, 15) is 0 Å². The van der Waals surface area contributed by atoms with Gasteiger partial charge in [-0.25, -0.2) is 0 Å². The molecule has 0 saturated heterocycles. The minimum atomic E-state index is 0.569. The first-order valence-electron chi connectivity index (χ1n) is 8.38. The van der Waals surface area contributed by atoms with Crippen LogP contribution in [-0.4, -0.2) is 0 Å². The Kier molecular flexibility index (Phi) is 5.77. The molecule has 128 valence electrons. The average Bonchev–Trinajstić information content (AvgIpc) is 2.61. The van der Waals surface area contributed by atoms with Gasteiger partial charge < -0.3 is 10.1 Å². The second kappa shape index (κ2) is 8.21. The number of nitrogens with one attached hydrogen (secondary N) is 1. The van der Waals surface area contributed by atoms with Crippen molar-refractivity contribution in [2.24, 2.45) is 0 Å². The van der Waals surface area contributed by atoms with E-state index < -0.39 is 0 Å². The molecule has 0 amide bonds. The second-order valence-electron chi connectivity index (χ2n) is 6.21. The summed E-state index contributed by atoms with van der Waals surface area (Å²) in [5, 5.41) is 3.50. The van der Waals surface area contributed by atoms with Crippen molar-refractivity contribution in [3.63, 3.8) is 0 Å². The van der Waals surface area contributed by atoms with Gasteiger partial charge in [0.15, 0.2) is 0 Å². The molecule has 1 N–H and O–H groups in total. The van der Waals surface area contributed by atoms with Gasteiger partial charge in [-0.2, -0.15) is 0 Å². The Labute approximate surface area is 158 Å². The number of benzene rings is 3. The molecule has 0 aliphatic rings. The topological polar surface area (TPSA) is 21.3 Å². The van der Waals surface area contributed by atoms with E-state index in [2.05, 4.69) is 77.6 Å². The maximum Gasteiger partial charge on any atom is 0.134 e. The normalized spacial score (nSPS) is 10.5.